The summed E-state index contributed by atoms with van der Waals surface area (Å²) in [6.07, 6.45) is 1.23. The van der Waals surface area contributed by atoms with Gasteiger partial charge in [0.15, 0.2) is 5.75 Å². The fourth-order valence-corrected chi connectivity index (χ4v) is 2.26. The van der Waals surface area contributed by atoms with Crippen LogP contribution < -0.4 is 4.18 Å². The second kappa shape index (κ2) is 6.24. The number of amides is 1. The largest absolute Gasteiger partial charge is 0.534 e. The van der Waals surface area contributed by atoms with Gasteiger partial charge in [-0.1, -0.05) is 12.1 Å². The normalized spacial score (nSPS) is 12.2. The number of carbonyl (C=O) groups excluding carboxylic acids is 1. The minimum Gasteiger partial charge on any atom is -0.373 e. The number of pyridine rings is 1. The SMILES string of the molecule is CON(C)C(=O)c1ccc2cccnc2c1OS(=O)(=O)C(F)(F)F. The van der Waals surface area contributed by atoms with Crippen LogP contribution in [0.2, 0.25) is 0 Å². The number of aromatic nitrogens is 1. The van der Waals surface area contributed by atoms with Gasteiger partial charge in [0, 0.05) is 18.6 Å². The monoisotopic (exact) mass is 364 g/mol. The van der Waals surface area contributed by atoms with Crippen molar-refractivity contribution in [2.45, 2.75) is 5.51 Å². The van der Waals surface area contributed by atoms with Crippen LogP contribution in [-0.2, 0) is 15.0 Å². The van der Waals surface area contributed by atoms with E-state index >= 15 is 0 Å². The first kappa shape index (κ1) is 17.9. The van der Waals surface area contributed by atoms with E-state index in [-0.39, 0.29) is 5.52 Å². The molecule has 0 aliphatic heterocycles. The highest BCUT2D eigenvalue weighted by Gasteiger charge is 2.49. The number of hydrogen-bond acceptors (Lipinski definition) is 6. The van der Waals surface area contributed by atoms with E-state index in [1.54, 1.807) is 0 Å². The molecule has 11 heteroatoms. The predicted octanol–water partition coefficient (Wildman–Crippen LogP) is 2.10. The maximum atomic E-state index is 12.6. The zero-order chi connectivity index (χ0) is 18.1. The average molecular weight is 364 g/mol. The summed E-state index contributed by atoms with van der Waals surface area (Å²) in [6.45, 7) is 0. The lowest BCUT2D eigenvalue weighted by Gasteiger charge is -2.18. The van der Waals surface area contributed by atoms with Crippen molar-refractivity contribution in [2.75, 3.05) is 14.2 Å². The molecule has 0 atom stereocenters. The number of halogens is 3. The molecule has 130 valence electrons. The Morgan fingerprint density at radius 2 is 1.92 bits per heavy atom. The van der Waals surface area contributed by atoms with Crippen molar-refractivity contribution in [1.82, 2.24) is 10.0 Å². The molecule has 1 aromatic carbocycles. The molecular formula is C13H11F3N2O5S. The van der Waals surface area contributed by atoms with E-state index in [1.807, 2.05) is 0 Å². The summed E-state index contributed by atoms with van der Waals surface area (Å²) in [5.41, 5.74) is -6.31. The number of hydrogen-bond donors (Lipinski definition) is 0. The second-order valence-electron chi connectivity index (χ2n) is 4.49. The average Bonchev–Trinajstić information content (AvgIpc) is 2.52. The molecule has 2 aromatic rings. The fraction of sp³-hybridized carbons (Fsp3) is 0.231. The number of nitrogens with zero attached hydrogens (tertiary/aromatic N) is 2. The molecule has 0 fully saturated rings. The summed E-state index contributed by atoms with van der Waals surface area (Å²) in [6, 6.07) is 5.49. The van der Waals surface area contributed by atoms with Gasteiger partial charge < -0.3 is 4.18 Å². The molecule has 1 heterocycles. The molecule has 0 spiro atoms. The van der Waals surface area contributed by atoms with E-state index in [2.05, 4.69) is 14.0 Å². The maximum absolute atomic E-state index is 12.6. The third kappa shape index (κ3) is 3.26. The molecule has 0 saturated carbocycles. The molecule has 1 amide bonds. The Morgan fingerprint density at radius 1 is 1.25 bits per heavy atom. The van der Waals surface area contributed by atoms with Gasteiger partial charge in [0.2, 0.25) is 0 Å². The Labute approximate surface area is 134 Å². The van der Waals surface area contributed by atoms with E-state index < -0.39 is 32.8 Å². The van der Waals surface area contributed by atoms with E-state index in [0.717, 1.165) is 13.2 Å². The quantitative estimate of drug-likeness (QED) is 0.469. The van der Waals surface area contributed by atoms with Crippen LogP contribution in [0.5, 0.6) is 5.75 Å². The Balaban J connectivity index is 2.70. The van der Waals surface area contributed by atoms with Gasteiger partial charge in [-0.05, 0) is 12.1 Å². The van der Waals surface area contributed by atoms with E-state index in [4.69, 9.17) is 0 Å². The van der Waals surface area contributed by atoms with E-state index in [1.165, 1.54) is 31.4 Å². The van der Waals surface area contributed by atoms with Crippen LogP contribution in [0.1, 0.15) is 10.4 Å². The summed E-state index contributed by atoms with van der Waals surface area (Å²) >= 11 is 0. The topological polar surface area (TPSA) is 85.8 Å². The Kier molecular flexibility index (Phi) is 4.67. The van der Waals surface area contributed by atoms with E-state index in [9.17, 15) is 26.4 Å². The van der Waals surface area contributed by atoms with Crippen LogP contribution in [-0.4, -0.2) is 44.0 Å². The lowest BCUT2D eigenvalue weighted by Crippen LogP contribution is -2.30. The Bertz CT molecular complexity index is 883. The van der Waals surface area contributed by atoms with Crippen LogP contribution in [0.25, 0.3) is 10.9 Å². The van der Waals surface area contributed by atoms with Crippen molar-refractivity contribution in [1.29, 1.82) is 0 Å². The maximum Gasteiger partial charge on any atom is 0.534 e. The van der Waals surface area contributed by atoms with E-state index in [0.29, 0.717) is 10.4 Å². The number of rotatable bonds is 4. The summed E-state index contributed by atoms with van der Waals surface area (Å²) in [5.74, 6) is -1.73. The summed E-state index contributed by atoms with van der Waals surface area (Å²) in [4.78, 5) is 20.7. The minimum atomic E-state index is -5.98. The van der Waals surface area contributed by atoms with Gasteiger partial charge in [-0.3, -0.25) is 14.6 Å². The van der Waals surface area contributed by atoms with Crippen molar-refractivity contribution in [2.24, 2.45) is 0 Å². The van der Waals surface area contributed by atoms with Gasteiger partial charge in [0.25, 0.3) is 5.91 Å². The standard InChI is InChI=1S/C13H11F3N2O5S/c1-18(22-2)12(19)9-6-5-8-4-3-7-17-10(8)11(9)23-24(20,21)13(14,15)16/h3-7H,1-2H3. The fourth-order valence-electron chi connectivity index (χ4n) is 1.78. The molecule has 2 rings (SSSR count). The zero-order valence-corrected chi connectivity index (χ0v) is 13.2. The van der Waals surface area contributed by atoms with Crippen LogP contribution in [0, 0.1) is 0 Å². The third-order valence-electron chi connectivity index (χ3n) is 2.99. The molecule has 0 bridgehead atoms. The first-order valence-electron chi connectivity index (χ1n) is 6.29. The van der Waals surface area contributed by atoms with Crippen molar-refractivity contribution in [3.8, 4) is 5.75 Å². The smallest absolute Gasteiger partial charge is 0.373 e. The zero-order valence-electron chi connectivity index (χ0n) is 12.4. The van der Waals surface area contributed by atoms with Gasteiger partial charge in [-0.15, -0.1) is 0 Å². The van der Waals surface area contributed by atoms with Crippen LogP contribution >= 0.6 is 0 Å². The lowest BCUT2D eigenvalue weighted by atomic mass is 10.1. The first-order valence-corrected chi connectivity index (χ1v) is 7.70. The molecule has 0 radical (unpaired) electrons. The molecule has 7 nitrogen and oxygen atoms in total. The van der Waals surface area contributed by atoms with Gasteiger partial charge >= 0.3 is 15.6 Å². The molecular weight excluding hydrogens is 353 g/mol. The Morgan fingerprint density at radius 3 is 2.50 bits per heavy atom. The van der Waals surface area contributed by atoms with Crippen molar-refractivity contribution < 1.29 is 35.4 Å². The van der Waals surface area contributed by atoms with Gasteiger partial charge in [0.05, 0.1) is 12.7 Å². The molecule has 0 saturated heterocycles. The van der Waals surface area contributed by atoms with Crippen molar-refractivity contribution >= 4 is 26.9 Å². The molecule has 0 aliphatic carbocycles. The van der Waals surface area contributed by atoms with Crippen molar-refractivity contribution in [3.05, 3.63) is 36.0 Å². The van der Waals surface area contributed by atoms with Gasteiger partial charge in [-0.2, -0.15) is 21.6 Å². The van der Waals surface area contributed by atoms with Crippen LogP contribution in [0.15, 0.2) is 30.5 Å². The number of benzene rings is 1. The highest BCUT2D eigenvalue weighted by Crippen LogP contribution is 2.34. The van der Waals surface area contributed by atoms with Gasteiger partial charge in [0.1, 0.15) is 5.52 Å². The highest BCUT2D eigenvalue weighted by atomic mass is 32.2. The number of fused-ring (bicyclic) bond motifs is 1. The number of carbonyl (C=O) groups is 1. The van der Waals surface area contributed by atoms with Crippen molar-refractivity contribution in [3.63, 3.8) is 0 Å². The highest BCUT2D eigenvalue weighted by molar-refractivity contribution is 7.88. The molecule has 24 heavy (non-hydrogen) atoms. The minimum absolute atomic E-state index is 0.208. The number of hydroxylamine groups is 2. The number of alkyl halides is 3. The summed E-state index contributed by atoms with van der Waals surface area (Å²) < 4.78 is 64.8. The van der Waals surface area contributed by atoms with Crippen LogP contribution in [0.4, 0.5) is 13.2 Å². The second-order valence-corrected chi connectivity index (χ2v) is 6.02. The summed E-state index contributed by atoms with van der Waals surface area (Å²) in [7, 11) is -3.62. The molecule has 0 aliphatic rings. The predicted molar refractivity (Wildman–Crippen MR) is 76.4 cm³/mol. The molecule has 0 N–H and O–H groups in total. The Hall–Kier alpha value is -2.40. The lowest BCUT2D eigenvalue weighted by molar-refractivity contribution is -0.0758. The third-order valence-corrected chi connectivity index (χ3v) is 3.95. The molecule has 0 unspecified atom stereocenters. The molecule has 1 aromatic heterocycles. The first-order chi connectivity index (χ1) is 11.1. The summed E-state index contributed by atoms with van der Waals surface area (Å²) in [5, 5.41) is 0.999. The van der Waals surface area contributed by atoms with Crippen LogP contribution in [0.3, 0.4) is 0 Å². The van der Waals surface area contributed by atoms with Gasteiger partial charge in [-0.25, -0.2) is 5.06 Å².